The van der Waals surface area contributed by atoms with Crippen molar-refractivity contribution in [3.05, 3.63) is 63.1 Å². The Kier molecular flexibility index (Phi) is 5.94. The molecule has 2 aromatic rings. The Hall–Kier alpha value is -0.510. The maximum atomic E-state index is 5.95. The highest BCUT2D eigenvalue weighted by Gasteiger charge is 2.13. The van der Waals surface area contributed by atoms with Crippen LogP contribution in [0.15, 0.2) is 46.9 Å². The zero-order valence-corrected chi connectivity index (χ0v) is 15.0. The highest BCUT2D eigenvalue weighted by molar-refractivity contribution is 9.10. The van der Waals surface area contributed by atoms with E-state index in [9.17, 15) is 0 Å². The predicted molar refractivity (Wildman–Crippen MR) is 92.4 cm³/mol. The first-order chi connectivity index (χ1) is 9.63. The fraction of sp³-hybridized carbons (Fsp3) is 0.250. The molecule has 1 atom stereocenters. The molecule has 0 aliphatic rings. The van der Waals surface area contributed by atoms with Gasteiger partial charge in [-0.2, -0.15) is 0 Å². The van der Waals surface area contributed by atoms with E-state index < -0.39 is 0 Å². The van der Waals surface area contributed by atoms with E-state index in [1.807, 2.05) is 24.3 Å². The van der Waals surface area contributed by atoms with Crippen molar-refractivity contribution < 1.29 is 4.74 Å². The van der Waals surface area contributed by atoms with Gasteiger partial charge in [-0.05, 0) is 53.8 Å². The zero-order valence-electron chi connectivity index (χ0n) is 11.1. The lowest BCUT2D eigenvalue weighted by atomic mass is 9.94. The SMILES string of the molecule is COc1ccc(Br)c(CC(CBr)c2ccc(Cl)cc2)c1. The van der Waals surface area contributed by atoms with Crippen molar-refractivity contribution in [3.8, 4) is 5.75 Å². The molecule has 0 N–H and O–H groups in total. The molecule has 1 unspecified atom stereocenters. The van der Waals surface area contributed by atoms with E-state index in [0.29, 0.717) is 5.92 Å². The average molecular weight is 419 g/mol. The van der Waals surface area contributed by atoms with Crippen LogP contribution < -0.4 is 4.74 Å². The van der Waals surface area contributed by atoms with Crippen molar-refractivity contribution in [2.24, 2.45) is 0 Å². The summed E-state index contributed by atoms with van der Waals surface area (Å²) in [6, 6.07) is 14.1. The van der Waals surface area contributed by atoms with Gasteiger partial charge in [0.15, 0.2) is 0 Å². The fourth-order valence-electron chi connectivity index (χ4n) is 2.10. The van der Waals surface area contributed by atoms with Crippen molar-refractivity contribution in [3.63, 3.8) is 0 Å². The molecule has 106 valence electrons. The quantitative estimate of drug-likeness (QED) is 0.555. The lowest BCUT2D eigenvalue weighted by molar-refractivity contribution is 0.414. The monoisotopic (exact) mass is 416 g/mol. The third-order valence-corrected chi connectivity index (χ3v) is 5.05. The topological polar surface area (TPSA) is 9.23 Å². The molecule has 0 aromatic heterocycles. The first-order valence-corrected chi connectivity index (χ1v) is 8.57. The average Bonchev–Trinajstić information content (AvgIpc) is 2.47. The first-order valence-electron chi connectivity index (χ1n) is 6.28. The molecule has 0 radical (unpaired) electrons. The van der Waals surface area contributed by atoms with E-state index in [4.69, 9.17) is 16.3 Å². The smallest absolute Gasteiger partial charge is 0.119 e. The lowest BCUT2D eigenvalue weighted by Crippen LogP contribution is -2.05. The zero-order chi connectivity index (χ0) is 14.5. The third-order valence-electron chi connectivity index (χ3n) is 3.25. The van der Waals surface area contributed by atoms with Crippen molar-refractivity contribution in [1.29, 1.82) is 0 Å². The van der Waals surface area contributed by atoms with Crippen LogP contribution in [0.25, 0.3) is 0 Å². The number of hydrogen-bond donors (Lipinski definition) is 0. The van der Waals surface area contributed by atoms with Crippen LogP contribution in [0.1, 0.15) is 17.0 Å². The van der Waals surface area contributed by atoms with Crippen molar-refractivity contribution in [2.45, 2.75) is 12.3 Å². The molecule has 0 amide bonds. The van der Waals surface area contributed by atoms with Gasteiger partial charge in [0.25, 0.3) is 0 Å². The molecular formula is C16H15Br2ClO. The largest absolute Gasteiger partial charge is 0.497 e. The van der Waals surface area contributed by atoms with Crippen LogP contribution in [0, 0.1) is 0 Å². The van der Waals surface area contributed by atoms with E-state index in [1.54, 1.807) is 7.11 Å². The summed E-state index contributed by atoms with van der Waals surface area (Å²) in [6.07, 6.45) is 0.935. The minimum absolute atomic E-state index is 0.399. The van der Waals surface area contributed by atoms with Crippen molar-refractivity contribution in [2.75, 3.05) is 12.4 Å². The highest BCUT2D eigenvalue weighted by Crippen LogP contribution is 2.30. The molecule has 4 heteroatoms. The normalized spacial score (nSPS) is 12.2. The summed E-state index contributed by atoms with van der Waals surface area (Å²) < 4.78 is 6.41. The summed E-state index contributed by atoms with van der Waals surface area (Å²) >= 11 is 13.2. The molecule has 0 saturated carbocycles. The van der Waals surface area contributed by atoms with Gasteiger partial charge in [0.2, 0.25) is 0 Å². The van der Waals surface area contributed by atoms with Crippen LogP contribution in [0.4, 0.5) is 0 Å². The molecule has 2 rings (SSSR count). The number of rotatable bonds is 5. The third kappa shape index (κ3) is 4.00. The van der Waals surface area contributed by atoms with Gasteiger partial charge in [0.1, 0.15) is 5.75 Å². The maximum Gasteiger partial charge on any atom is 0.119 e. The van der Waals surface area contributed by atoms with E-state index in [0.717, 1.165) is 27.0 Å². The molecule has 2 aromatic carbocycles. The molecule has 1 nitrogen and oxygen atoms in total. The number of methoxy groups -OCH3 is 1. The highest BCUT2D eigenvalue weighted by atomic mass is 79.9. The molecule has 0 aliphatic heterocycles. The van der Waals surface area contributed by atoms with Gasteiger partial charge in [0, 0.05) is 14.8 Å². The Labute approximate surface area is 141 Å². The second-order valence-corrected chi connectivity index (χ2v) is 6.50. The second-order valence-electron chi connectivity index (χ2n) is 4.56. The maximum absolute atomic E-state index is 5.95. The number of hydrogen-bond acceptors (Lipinski definition) is 1. The summed E-state index contributed by atoms with van der Waals surface area (Å²) in [7, 11) is 1.69. The van der Waals surface area contributed by atoms with Crippen LogP contribution in [-0.2, 0) is 6.42 Å². The van der Waals surface area contributed by atoms with E-state index in [2.05, 4.69) is 50.1 Å². The molecule has 0 heterocycles. The van der Waals surface area contributed by atoms with Gasteiger partial charge in [-0.25, -0.2) is 0 Å². The summed E-state index contributed by atoms with van der Waals surface area (Å²) in [6.45, 7) is 0. The molecule has 0 saturated heterocycles. The lowest BCUT2D eigenvalue weighted by Gasteiger charge is -2.16. The molecule has 20 heavy (non-hydrogen) atoms. The van der Waals surface area contributed by atoms with E-state index in [1.165, 1.54) is 11.1 Å². The van der Waals surface area contributed by atoms with Gasteiger partial charge >= 0.3 is 0 Å². The van der Waals surface area contributed by atoms with Gasteiger partial charge in [-0.1, -0.05) is 55.6 Å². The van der Waals surface area contributed by atoms with E-state index in [-0.39, 0.29) is 0 Å². The summed E-state index contributed by atoms with van der Waals surface area (Å²) in [5.41, 5.74) is 2.52. The molecule has 0 bridgehead atoms. The predicted octanol–water partition coefficient (Wildman–Crippen LogP) is 5.83. The number of alkyl halides is 1. The fourth-order valence-corrected chi connectivity index (χ4v) is 3.23. The second kappa shape index (κ2) is 7.48. The van der Waals surface area contributed by atoms with Crippen LogP contribution >= 0.6 is 43.5 Å². The van der Waals surface area contributed by atoms with Gasteiger partial charge in [-0.3, -0.25) is 0 Å². The summed E-state index contributed by atoms with van der Waals surface area (Å²) in [4.78, 5) is 0. The molecule has 0 spiro atoms. The molecular weight excluding hydrogens is 403 g/mol. The Morgan fingerprint density at radius 3 is 2.45 bits per heavy atom. The van der Waals surface area contributed by atoms with Crippen molar-refractivity contribution >= 4 is 43.5 Å². The number of ether oxygens (including phenoxy) is 1. The first kappa shape index (κ1) is 15.9. The van der Waals surface area contributed by atoms with Gasteiger partial charge in [0.05, 0.1) is 7.11 Å². The minimum atomic E-state index is 0.399. The van der Waals surface area contributed by atoms with Crippen LogP contribution in [0.3, 0.4) is 0 Å². The van der Waals surface area contributed by atoms with Crippen LogP contribution in [0.5, 0.6) is 5.75 Å². The Bertz CT molecular complexity index is 569. The Morgan fingerprint density at radius 2 is 1.85 bits per heavy atom. The van der Waals surface area contributed by atoms with Crippen molar-refractivity contribution in [1.82, 2.24) is 0 Å². The Morgan fingerprint density at radius 1 is 1.15 bits per heavy atom. The molecule has 0 aliphatic carbocycles. The van der Waals surface area contributed by atoms with Gasteiger partial charge in [-0.15, -0.1) is 0 Å². The standard InChI is InChI=1S/C16H15Br2ClO/c1-20-15-6-7-16(18)12(9-15)8-13(10-17)11-2-4-14(19)5-3-11/h2-7,9,13H,8,10H2,1H3. The molecule has 0 fully saturated rings. The number of benzene rings is 2. The van der Waals surface area contributed by atoms with E-state index >= 15 is 0 Å². The Balaban J connectivity index is 2.23. The van der Waals surface area contributed by atoms with Gasteiger partial charge < -0.3 is 4.74 Å². The number of halogens is 3. The summed E-state index contributed by atoms with van der Waals surface area (Å²) in [5, 5.41) is 1.67. The summed E-state index contributed by atoms with van der Waals surface area (Å²) in [5.74, 6) is 1.28. The van der Waals surface area contributed by atoms with Crippen LogP contribution in [0.2, 0.25) is 5.02 Å². The van der Waals surface area contributed by atoms with Crippen LogP contribution in [-0.4, -0.2) is 12.4 Å². The minimum Gasteiger partial charge on any atom is -0.497 e.